The van der Waals surface area contributed by atoms with Crippen molar-refractivity contribution in [3.8, 4) is 5.75 Å². The predicted molar refractivity (Wildman–Crippen MR) is 144 cm³/mol. The SMILES string of the molecule is CC[C@@H](C(=O)NC(CC(=O)N(CC)CC)C(=O)COc1c(F)c(F)cc(F)c1F)n1ccc2ccc(Cl)cc2c1=O. The maximum atomic E-state index is 14.0. The molecule has 220 valence electrons. The van der Waals surface area contributed by atoms with E-state index < -0.39 is 77.3 Å². The molecule has 2 aromatic carbocycles. The van der Waals surface area contributed by atoms with Crippen LogP contribution in [-0.4, -0.2) is 52.8 Å². The maximum Gasteiger partial charge on any atom is 0.259 e. The summed E-state index contributed by atoms with van der Waals surface area (Å²) in [5.41, 5.74) is -0.517. The minimum absolute atomic E-state index is 0.0152. The van der Waals surface area contributed by atoms with Crippen molar-refractivity contribution in [3.63, 3.8) is 0 Å². The number of halogens is 5. The maximum absolute atomic E-state index is 14.0. The third-order valence-electron chi connectivity index (χ3n) is 6.55. The van der Waals surface area contributed by atoms with E-state index in [1.807, 2.05) is 0 Å². The number of nitrogens with zero attached hydrogens (tertiary/aromatic N) is 2. The Hall–Kier alpha value is -3.93. The molecule has 0 saturated carbocycles. The van der Waals surface area contributed by atoms with Gasteiger partial charge in [0.1, 0.15) is 12.6 Å². The van der Waals surface area contributed by atoms with Crippen molar-refractivity contribution in [2.75, 3.05) is 19.7 Å². The Morgan fingerprint density at radius 2 is 1.63 bits per heavy atom. The number of nitrogens with one attached hydrogen (secondary N) is 1. The lowest BCUT2D eigenvalue weighted by molar-refractivity contribution is -0.136. The van der Waals surface area contributed by atoms with E-state index in [4.69, 9.17) is 16.3 Å². The fourth-order valence-corrected chi connectivity index (χ4v) is 4.47. The van der Waals surface area contributed by atoms with Crippen LogP contribution < -0.4 is 15.6 Å². The summed E-state index contributed by atoms with van der Waals surface area (Å²) in [5, 5.41) is 3.61. The molecule has 13 heteroatoms. The van der Waals surface area contributed by atoms with Gasteiger partial charge in [-0.15, -0.1) is 0 Å². The Kier molecular flexibility index (Phi) is 10.5. The lowest BCUT2D eigenvalue weighted by Gasteiger charge is -2.25. The molecule has 0 spiro atoms. The second-order valence-electron chi connectivity index (χ2n) is 9.07. The standard InChI is InChI=1S/C28H28ClF4N3O5/c1-4-21(36-10-9-15-7-8-16(29)11-17(15)28(36)40)27(39)34-20(13-23(38)35(5-2)6-3)22(37)14-41-26-24(32)18(30)12-19(31)25(26)33/h7-12,20-21H,4-6,13-14H2,1-3H3,(H,34,39)/t20?,21-/m0/s1. The van der Waals surface area contributed by atoms with Gasteiger partial charge in [0.15, 0.2) is 23.2 Å². The number of amides is 2. The summed E-state index contributed by atoms with van der Waals surface area (Å²) >= 11 is 6.03. The largest absolute Gasteiger partial charge is 0.479 e. The molecular formula is C28H28ClF4N3O5. The molecule has 1 unspecified atom stereocenters. The van der Waals surface area contributed by atoms with Gasteiger partial charge < -0.3 is 19.5 Å². The van der Waals surface area contributed by atoms with Crippen molar-refractivity contribution < 1.29 is 36.7 Å². The third kappa shape index (κ3) is 7.05. The van der Waals surface area contributed by atoms with E-state index >= 15 is 0 Å². The van der Waals surface area contributed by atoms with Crippen LogP contribution in [0.4, 0.5) is 17.6 Å². The first-order chi connectivity index (χ1) is 19.4. The van der Waals surface area contributed by atoms with Gasteiger partial charge in [0.05, 0.1) is 12.5 Å². The van der Waals surface area contributed by atoms with Gasteiger partial charge in [-0.1, -0.05) is 24.6 Å². The average molecular weight is 598 g/mol. The van der Waals surface area contributed by atoms with Crippen LogP contribution in [-0.2, 0) is 14.4 Å². The van der Waals surface area contributed by atoms with E-state index in [0.717, 1.165) is 0 Å². The second-order valence-corrected chi connectivity index (χ2v) is 9.50. The lowest BCUT2D eigenvalue weighted by Crippen LogP contribution is -2.49. The molecule has 0 aliphatic carbocycles. The molecule has 0 radical (unpaired) electrons. The minimum atomic E-state index is -1.85. The highest BCUT2D eigenvalue weighted by atomic mass is 35.5. The topological polar surface area (TPSA) is 97.7 Å². The van der Waals surface area contributed by atoms with E-state index in [1.54, 1.807) is 39.0 Å². The number of hydrogen-bond donors (Lipinski definition) is 1. The van der Waals surface area contributed by atoms with Gasteiger partial charge in [0.2, 0.25) is 23.4 Å². The van der Waals surface area contributed by atoms with Crippen LogP contribution in [0, 0.1) is 23.3 Å². The molecular weight excluding hydrogens is 570 g/mol. The zero-order valence-electron chi connectivity index (χ0n) is 22.5. The first kappa shape index (κ1) is 31.6. The van der Waals surface area contributed by atoms with Crippen LogP contribution in [0.2, 0.25) is 5.02 Å². The lowest BCUT2D eigenvalue weighted by atomic mass is 10.1. The monoisotopic (exact) mass is 597 g/mol. The number of carbonyl (C=O) groups is 3. The van der Waals surface area contributed by atoms with Gasteiger partial charge in [0, 0.05) is 35.8 Å². The molecule has 1 aromatic heterocycles. The van der Waals surface area contributed by atoms with Crippen LogP contribution in [0.25, 0.3) is 10.8 Å². The number of benzene rings is 2. The zero-order chi connectivity index (χ0) is 30.4. The highest BCUT2D eigenvalue weighted by Gasteiger charge is 2.31. The van der Waals surface area contributed by atoms with Gasteiger partial charge in [-0.25, -0.2) is 8.78 Å². The van der Waals surface area contributed by atoms with E-state index in [0.29, 0.717) is 23.5 Å². The molecule has 0 aliphatic rings. The summed E-state index contributed by atoms with van der Waals surface area (Å²) in [6.45, 7) is 4.51. The Bertz CT molecular complexity index is 1500. The van der Waals surface area contributed by atoms with Gasteiger partial charge in [-0.2, -0.15) is 8.78 Å². The van der Waals surface area contributed by atoms with Crippen molar-refractivity contribution in [1.29, 1.82) is 0 Å². The van der Waals surface area contributed by atoms with Crippen molar-refractivity contribution in [2.45, 2.75) is 45.7 Å². The Balaban J connectivity index is 1.90. The molecule has 0 bridgehead atoms. The van der Waals surface area contributed by atoms with Crippen LogP contribution in [0.15, 0.2) is 41.3 Å². The number of pyridine rings is 1. The smallest absolute Gasteiger partial charge is 0.259 e. The van der Waals surface area contributed by atoms with Crippen molar-refractivity contribution in [1.82, 2.24) is 14.8 Å². The molecule has 1 N–H and O–H groups in total. The number of Topliss-reactive ketones (excluding diaryl/α,β-unsaturated/α-hetero) is 1. The minimum Gasteiger partial charge on any atom is -0.479 e. The highest BCUT2D eigenvalue weighted by Crippen LogP contribution is 2.26. The molecule has 2 amide bonds. The summed E-state index contributed by atoms with van der Waals surface area (Å²) in [5.74, 6) is -10.9. The fourth-order valence-electron chi connectivity index (χ4n) is 4.30. The molecule has 0 fully saturated rings. The number of ketones is 1. The number of rotatable bonds is 12. The highest BCUT2D eigenvalue weighted by molar-refractivity contribution is 6.31. The van der Waals surface area contributed by atoms with Crippen LogP contribution in [0.5, 0.6) is 5.75 Å². The number of ether oxygens (including phenoxy) is 1. The average Bonchev–Trinajstić information content (AvgIpc) is 2.94. The quantitative estimate of drug-likeness (QED) is 0.244. The van der Waals surface area contributed by atoms with Crippen LogP contribution >= 0.6 is 11.6 Å². The summed E-state index contributed by atoms with van der Waals surface area (Å²) in [6.07, 6.45) is 0.978. The molecule has 2 atom stereocenters. The molecule has 41 heavy (non-hydrogen) atoms. The molecule has 0 saturated heterocycles. The van der Waals surface area contributed by atoms with Crippen LogP contribution in [0.1, 0.15) is 39.7 Å². The number of fused-ring (bicyclic) bond motifs is 1. The molecule has 8 nitrogen and oxygen atoms in total. The summed E-state index contributed by atoms with van der Waals surface area (Å²) in [6, 6.07) is 3.65. The molecule has 3 aromatic rings. The Morgan fingerprint density at radius 1 is 1.00 bits per heavy atom. The number of carbonyl (C=O) groups excluding carboxylic acids is 3. The summed E-state index contributed by atoms with van der Waals surface area (Å²) in [4.78, 5) is 53.8. The summed E-state index contributed by atoms with van der Waals surface area (Å²) in [7, 11) is 0. The van der Waals surface area contributed by atoms with E-state index in [1.165, 1.54) is 21.7 Å². The fraction of sp³-hybridized carbons (Fsp3) is 0.357. The molecule has 0 aliphatic heterocycles. The van der Waals surface area contributed by atoms with E-state index in [9.17, 15) is 36.7 Å². The van der Waals surface area contributed by atoms with Crippen molar-refractivity contribution in [3.05, 3.63) is 75.2 Å². The van der Waals surface area contributed by atoms with Gasteiger partial charge in [-0.3, -0.25) is 19.2 Å². The Morgan fingerprint density at radius 3 is 2.22 bits per heavy atom. The van der Waals surface area contributed by atoms with Gasteiger partial charge >= 0.3 is 0 Å². The van der Waals surface area contributed by atoms with Gasteiger partial charge in [-0.05, 0) is 43.9 Å². The third-order valence-corrected chi connectivity index (χ3v) is 6.79. The van der Waals surface area contributed by atoms with Crippen molar-refractivity contribution in [2.24, 2.45) is 0 Å². The second kappa shape index (κ2) is 13.6. The first-order valence-corrected chi connectivity index (χ1v) is 13.2. The normalized spacial score (nSPS) is 12.6. The number of aromatic nitrogens is 1. The summed E-state index contributed by atoms with van der Waals surface area (Å²) < 4.78 is 61.1. The predicted octanol–water partition coefficient (Wildman–Crippen LogP) is 4.55. The van der Waals surface area contributed by atoms with Crippen LogP contribution in [0.3, 0.4) is 0 Å². The van der Waals surface area contributed by atoms with E-state index in [2.05, 4.69) is 5.32 Å². The molecule has 3 rings (SSSR count). The number of hydrogen-bond acceptors (Lipinski definition) is 5. The molecule has 1 heterocycles. The van der Waals surface area contributed by atoms with Crippen molar-refractivity contribution >= 4 is 40.0 Å². The first-order valence-electron chi connectivity index (χ1n) is 12.8. The van der Waals surface area contributed by atoms with E-state index in [-0.39, 0.29) is 17.9 Å². The van der Waals surface area contributed by atoms with Gasteiger partial charge in [0.25, 0.3) is 5.56 Å². The zero-order valence-corrected chi connectivity index (χ0v) is 23.2. The Labute approximate surface area is 237 Å².